The number of carbonyl (C=O) groups is 2. The molecule has 0 aliphatic carbocycles. The van der Waals surface area contributed by atoms with Crippen molar-refractivity contribution in [3.05, 3.63) is 23.8 Å². The third-order valence-electron chi connectivity index (χ3n) is 5.21. The predicted octanol–water partition coefficient (Wildman–Crippen LogP) is 1.78. The molecule has 1 aromatic carbocycles. The number of carbonyl (C=O) groups excluding carboxylic acids is 1. The molecule has 0 spiro atoms. The third kappa shape index (κ3) is 7.38. The van der Waals surface area contributed by atoms with Gasteiger partial charge in [0.15, 0.2) is 0 Å². The Morgan fingerprint density at radius 2 is 1.93 bits per heavy atom. The molecular weight excluding hydrogens is 398 g/mol. The molecule has 164 valence electrons. The van der Waals surface area contributed by atoms with E-state index in [0.717, 1.165) is 31.5 Å². The first-order valence-electron chi connectivity index (χ1n) is 9.49. The lowest BCUT2D eigenvalue weighted by atomic mass is 10.0. The van der Waals surface area contributed by atoms with Crippen molar-refractivity contribution >= 4 is 24.3 Å². The zero-order chi connectivity index (χ0) is 20.7. The van der Waals surface area contributed by atoms with Crippen LogP contribution in [0.2, 0.25) is 0 Å². The number of methoxy groups -OCH3 is 2. The Morgan fingerprint density at radius 1 is 1.28 bits per heavy atom. The van der Waals surface area contributed by atoms with Crippen molar-refractivity contribution in [1.82, 2.24) is 15.1 Å². The first-order chi connectivity index (χ1) is 13.3. The molecule has 1 amide bonds. The number of carboxylic acids is 1. The molecule has 0 aromatic heterocycles. The largest absolute Gasteiger partial charge is 0.497 e. The normalized spacial score (nSPS) is 16.0. The van der Waals surface area contributed by atoms with E-state index in [1.807, 2.05) is 37.1 Å². The fourth-order valence-corrected chi connectivity index (χ4v) is 3.61. The number of carboxylic acid groups (broad SMARTS) is 1. The second kappa shape index (κ2) is 11.8. The molecule has 0 saturated carbocycles. The van der Waals surface area contributed by atoms with Crippen LogP contribution in [0.1, 0.15) is 31.4 Å². The number of rotatable bonds is 9. The third-order valence-corrected chi connectivity index (χ3v) is 5.21. The highest BCUT2D eigenvalue weighted by Gasteiger charge is 2.25. The van der Waals surface area contributed by atoms with Crippen molar-refractivity contribution in [3.63, 3.8) is 0 Å². The van der Waals surface area contributed by atoms with Gasteiger partial charge in [0, 0.05) is 24.7 Å². The van der Waals surface area contributed by atoms with E-state index in [-0.39, 0.29) is 36.9 Å². The zero-order valence-corrected chi connectivity index (χ0v) is 18.3. The summed E-state index contributed by atoms with van der Waals surface area (Å²) in [6.07, 6.45) is 1.71. The van der Waals surface area contributed by atoms with Crippen LogP contribution in [0.3, 0.4) is 0 Å². The summed E-state index contributed by atoms with van der Waals surface area (Å²) in [6, 6.07) is 5.55. The van der Waals surface area contributed by atoms with Crippen molar-refractivity contribution in [2.24, 2.45) is 0 Å². The Labute approximate surface area is 178 Å². The van der Waals surface area contributed by atoms with E-state index in [1.54, 1.807) is 14.2 Å². The highest BCUT2D eigenvalue weighted by Crippen LogP contribution is 2.29. The van der Waals surface area contributed by atoms with Gasteiger partial charge in [-0.1, -0.05) is 0 Å². The van der Waals surface area contributed by atoms with Gasteiger partial charge in [0.2, 0.25) is 5.91 Å². The molecule has 2 rings (SSSR count). The van der Waals surface area contributed by atoms with Crippen LogP contribution in [0.25, 0.3) is 0 Å². The van der Waals surface area contributed by atoms with Crippen molar-refractivity contribution in [3.8, 4) is 11.5 Å². The summed E-state index contributed by atoms with van der Waals surface area (Å²) in [5, 5.41) is 11.9. The smallest absolute Gasteiger partial charge is 0.317 e. The van der Waals surface area contributed by atoms with Gasteiger partial charge in [0.25, 0.3) is 0 Å². The van der Waals surface area contributed by atoms with E-state index in [9.17, 15) is 9.59 Å². The summed E-state index contributed by atoms with van der Waals surface area (Å²) < 4.78 is 10.7. The maximum Gasteiger partial charge on any atom is 0.317 e. The molecule has 1 saturated heterocycles. The van der Waals surface area contributed by atoms with E-state index in [1.165, 1.54) is 0 Å². The van der Waals surface area contributed by atoms with Crippen molar-refractivity contribution in [2.45, 2.75) is 31.8 Å². The summed E-state index contributed by atoms with van der Waals surface area (Å²) in [5.41, 5.74) is 0.865. The van der Waals surface area contributed by atoms with Gasteiger partial charge in [-0.3, -0.25) is 19.4 Å². The number of nitrogens with zero attached hydrogens (tertiary/aromatic N) is 2. The number of hydrogen-bond acceptors (Lipinski definition) is 6. The minimum absolute atomic E-state index is 0. The Bertz CT molecular complexity index is 680. The number of hydrogen-bond donors (Lipinski definition) is 2. The molecule has 0 bridgehead atoms. The van der Waals surface area contributed by atoms with Gasteiger partial charge >= 0.3 is 5.97 Å². The average Bonchev–Trinajstić information content (AvgIpc) is 2.67. The molecule has 9 heteroatoms. The van der Waals surface area contributed by atoms with Crippen LogP contribution in [0.5, 0.6) is 11.5 Å². The highest BCUT2D eigenvalue weighted by atomic mass is 35.5. The summed E-state index contributed by atoms with van der Waals surface area (Å²) in [5.74, 6) is 0.557. The predicted molar refractivity (Wildman–Crippen MR) is 113 cm³/mol. The van der Waals surface area contributed by atoms with Crippen LogP contribution in [0, 0.1) is 0 Å². The standard InChI is InChI=1S/C20H31N3O5.ClH/c1-14(17-11-16(27-3)5-6-18(17)28-4)21-19(24)12-23-9-7-15(8-10-23)22(2)13-20(25)26;/h5-6,11,14-15H,7-10,12-13H2,1-4H3,(H,21,24)(H,25,26);1H. The van der Waals surface area contributed by atoms with Gasteiger partial charge in [-0.15, -0.1) is 12.4 Å². The van der Waals surface area contributed by atoms with E-state index in [2.05, 4.69) is 10.2 Å². The maximum absolute atomic E-state index is 12.5. The monoisotopic (exact) mass is 429 g/mol. The molecule has 1 atom stereocenters. The quantitative estimate of drug-likeness (QED) is 0.618. The Kier molecular flexibility index (Phi) is 10.2. The molecule has 0 radical (unpaired) electrons. The topological polar surface area (TPSA) is 91.3 Å². The van der Waals surface area contributed by atoms with E-state index in [4.69, 9.17) is 14.6 Å². The highest BCUT2D eigenvalue weighted by molar-refractivity contribution is 5.85. The molecule has 8 nitrogen and oxygen atoms in total. The Hall–Kier alpha value is -2.03. The molecule has 1 aromatic rings. The lowest BCUT2D eigenvalue weighted by Crippen LogP contribution is -2.47. The van der Waals surface area contributed by atoms with Crippen LogP contribution in [0.4, 0.5) is 0 Å². The van der Waals surface area contributed by atoms with Crippen LogP contribution in [-0.4, -0.2) is 80.3 Å². The number of likely N-dealkylation sites (N-methyl/N-ethyl adjacent to an activating group) is 1. The first-order valence-corrected chi connectivity index (χ1v) is 9.49. The van der Waals surface area contributed by atoms with E-state index < -0.39 is 5.97 Å². The van der Waals surface area contributed by atoms with E-state index in [0.29, 0.717) is 18.0 Å². The van der Waals surface area contributed by atoms with Crippen LogP contribution < -0.4 is 14.8 Å². The van der Waals surface area contributed by atoms with Gasteiger partial charge in [0.05, 0.1) is 33.4 Å². The lowest BCUT2D eigenvalue weighted by Gasteiger charge is -2.35. The van der Waals surface area contributed by atoms with Crippen LogP contribution >= 0.6 is 12.4 Å². The van der Waals surface area contributed by atoms with Crippen LogP contribution in [0.15, 0.2) is 18.2 Å². The average molecular weight is 430 g/mol. The van der Waals surface area contributed by atoms with Crippen molar-refractivity contribution in [2.75, 3.05) is 47.4 Å². The molecular formula is C20H32ClN3O5. The SMILES string of the molecule is COc1ccc(OC)c(C(C)NC(=O)CN2CCC(N(C)CC(=O)O)CC2)c1.Cl. The number of piperidine rings is 1. The zero-order valence-electron chi connectivity index (χ0n) is 17.5. The van der Waals surface area contributed by atoms with Gasteiger partial charge < -0.3 is 19.9 Å². The number of benzene rings is 1. The molecule has 1 aliphatic heterocycles. The fraction of sp³-hybridized carbons (Fsp3) is 0.600. The Morgan fingerprint density at radius 3 is 2.48 bits per heavy atom. The molecule has 1 heterocycles. The van der Waals surface area contributed by atoms with Crippen molar-refractivity contribution < 1.29 is 24.2 Å². The summed E-state index contributed by atoms with van der Waals surface area (Å²) in [4.78, 5) is 27.3. The van der Waals surface area contributed by atoms with Crippen LogP contribution in [-0.2, 0) is 9.59 Å². The molecule has 1 unspecified atom stereocenters. The first kappa shape index (κ1) is 25.0. The van der Waals surface area contributed by atoms with Gasteiger partial charge in [-0.05, 0) is 45.0 Å². The number of ether oxygens (including phenoxy) is 2. The van der Waals surface area contributed by atoms with Gasteiger partial charge in [-0.2, -0.15) is 0 Å². The molecule has 2 N–H and O–H groups in total. The fourth-order valence-electron chi connectivity index (χ4n) is 3.61. The second-order valence-electron chi connectivity index (χ2n) is 7.21. The Balaban J connectivity index is 0.00000420. The summed E-state index contributed by atoms with van der Waals surface area (Å²) >= 11 is 0. The minimum atomic E-state index is -0.814. The minimum Gasteiger partial charge on any atom is -0.497 e. The number of aliphatic carboxylic acids is 1. The number of halogens is 1. The lowest BCUT2D eigenvalue weighted by molar-refractivity contribution is -0.138. The molecule has 1 aliphatic rings. The summed E-state index contributed by atoms with van der Waals surface area (Å²) in [7, 11) is 5.04. The summed E-state index contributed by atoms with van der Waals surface area (Å²) in [6.45, 7) is 3.84. The number of amides is 1. The van der Waals surface area contributed by atoms with Crippen molar-refractivity contribution in [1.29, 1.82) is 0 Å². The molecule has 29 heavy (non-hydrogen) atoms. The number of likely N-dealkylation sites (tertiary alicyclic amines) is 1. The van der Waals surface area contributed by atoms with E-state index >= 15 is 0 Å². The second-order valence-corrected chi connectivity index (χ2v) is 7.21. The molecule has 1 fully saturated rings. The number of nitrogens with one attached hydrogen (secondary N) is 1. The maximum atomic E-state index is 12.5. The van der Waals surface area contributed by atoms with Gasteiger partial charge in [-0.25, -0.2) is 0 Å². The van der Waals surface area contributed by atoms with Gasteiger partial charge in [0.1, 0.15) is 11.5 Å².